The fourth-order valence-electron chi connectivity index (χ4n) is 9.69. The normalized spacial score (nSPS) is 19.7. The van der Waals surface area contributed by atoms with Crippen molar-refractivity contribution in [3.8, 4) is 0 Å². The number of hydrogen-bond acceptors (Lipinski definition) is 8. The maximum Gasteiger partial charge on any atom is 0.220 e. The number of aliphatic hydroxyl groups is 5. The minimum absolute atomic E-state index is 0.133. The van der Waals surface area contributed by atoms with Gasteiger partial charge >= 0.3 is 0 Å². The highest BCUT2D eigenvalue weighted by Gasteiger charge is 2.44. The summed E-state index contributed by atoms with van der Waals surface area (Å²) in [7, 11) is 0. The molecule has 0 radical (unpaired) electrons. The van der Waals surface area contributed by atoms with Gasteiger partial charge in [0.15, 0.2) is 6.29 Å². The first-order chi connectivity index (χ1) is 32.8. The van der Waals surface area contributed by atoms with Crippen LogP contribution in [-0.4, -0.2) is 87.5 Å². The molecule has 1 saturated heterocycles. The number of nitrogens with one attached hydrogen (secondary N) is 1. The van der Waals surface area contributed by atoms with Gasteiger partial charge in [-0.3, -0.25) is 4.79 Å². The molecular formula is C58H113NO8. The molecule has 0 aliphatic carbocycles. The van der Waals surface area contributed by atoms with Crippen LogP contribution in [0.2, 0.25) is 0 Å². The molecular weight excluding hydrogens is 839 g/mol. The lowest BCUT2D eigenvalue weighted by Crippen LogP contribution is -2.60. The van der Waals surface area contributed by atoms with Crippen LogP contribution in [0.3, 0.4) is 0 Å². The van der Waals surface area contributed by atoms with E-state index in [4.69, 9.17) is 9.47 Å². The minimum Gasteiger partial charge on any atom is -0.394 e. The van der Waals surface area contributed by atoms with Crippen LogP contribution in [0.25, 0.3) is 0 Å². The summed E-state index contributed by atoms with van der Waals surface area (Å²) >= 11 is 0. The summed E-state index contributed by atoms with van der Waals surface area (Å²) in [5, 5.41) is 54.6. The van der Waals surface area contributed by atoms with E-state index in [1.54, 1.807) is 0 Å². The Morgan fingerprint density at radius 1 is 0.493 bits per heavy atom. The van der Waals surface area contributed by atoms with Gasteiger partial charge in [0.2, 0.25) is 5.91 Å². The summed E-state index contributed by atoms with van der Waals surface area (Å²) in [5.74, 6) is -0.139. The Morgan fingerprint density at radius 2 is 0.836 bits per heavy atom. The highest BCUT2D eigenvalue weighted by molar-refractivity contribution is 5.76. The Balaban J connectivity index is 2.12. The smallest absolute Gasteiger partial charge is 0.220 e. The molecule has 7 atom stereocenters. The molecule has 9 heteroatoms. The molecule has 1 fully saturated rings. The summed E-state index contributed by atoms with van der Waals surface area (Å²) in [6, 6.07) is -0.715. The van der Waals surface area contributed by atoms with Crippen molar-refractivity contribution in [3.05, 3.63) is 12.2 Å². The molecule has 0 aromatic heterocycles. The van der Waals surface area contributed by atoms with E-state index in [0.717, 1.165) is 38.5 Å². The summed E-state index contributed by atoms with van der Waals surface area (Å²) in [4.78, 5) is 13.1. The Kier molecular flexibility index (Phi) is 46.3. The second kappa shape index (κ2) is 48.6. The molecule has 0 saturated carbocycles. The molecule has 9 nitrogen and oxygen atoms in total. The van der Waals surface area contributed by atoms with E-state index < -0.39 is 49.5 Å². The summed E-state index contributed by atoms with van der Waals surface area (Å²) in [6.45, 7) is 3.87. The van der Waals surface area contributed by atoms with Crippen LogP contribution in [0, 0.1) is 0 Å². The van der Waals surface area contributed by atoms with Crippen molar-refractivity contribution in [3.63, 3.8) is 0 Å². The lowest BCUT2D eigenvalue weighted by Gasteiger charge is -2.40. The van der Waals surface area contributed by atoms with Crippen molar-refractivity contribution in [2.24, 2.45) is 0 Å². The van der Waals surface area contributed by atoms with Gasteiger partial charge in [-0.2, -0.15) is 0 Å². The van der Waals surface area contributed by atoms with Gasteiger partial charge in [0, 0.05) is 6.42 Å². The Labute approximate surface area is 414 Å². The number of unbranched alkanes of at least 4 members (excludes halogenated alkanes) is 39. The average Bonchev–Trinajstić information content (AvgIpc) is 3.33. The van der Waals surface area contributed by atoms with Gasteiger partial charge in [-0.15, -0.1) is 0 Å². The fraction of sp³-hybridized carbons (Fsp3) is 0.948. The number of ether oxygens (including phenoxy) is 2. The fourth-order valence-corrected chi connectivity index (χ4v) is 9.69. The third-order valence-electron chi connectivity index (χ3n) is 14.4. The molecule has 1 aliphatic heterocycles. The summed E-state index contributed by atoms with van der Waals surface area (Å²) in [6.07, 6.45) is 52.5. The van der Waals surface area contributed by atoms with Gasteiger partial charge in [0.05, 0.1) is 25.4 Å². The first kappa shape index (κ1) is 63.9. The lowest BCUT2D eigenvalue weighted by molar-refractivity contribution is -0.302. The molecule has 0 bridgehead atoms. The van der Waals surface area contributed by atoms with Crippen molar-refractivity contribution >= 4 is 5.91 Å². The zero-order chi connectivity index (χ0) is 48.7. The SMILES string of the molecule is CCCCCCCCCCCCCC/C=C\CCCCCCCCCCCCCCCCC(=O)NC(COC1OC(CO)C(O)C(O)C1O)C(O)CCCCCCCCCCCCCCCC. The quantitative estimate of drug-likeness (QED) is 0.0261. The van der Waals surface area contributed by atoms with E-state index in [-0.39, 0.29) is 12.5 Å². The molecule has 1 heterocycles. The van der Waals surface area contributed by atoms with Crippen LogP contribution in [0.15, 0.2) is 12.2 Å². The predicted octanol–water partition coefficient (Wildman–Crippen LogP) is 14.4. The standard InChI is InChI=1S/C58H113NO8/c1-3-5-7-9-11-13-15-17-19-20-21-22-23-24-25-26-27-28-29-30-31-32-33-34-36-38-40-42-44-46-48-54(62)59-51(50-66-58-57(65)56(64)55(63)53(49-60)67-58)52(61)47-45-43-41-39-37-35-18-16-14-12-10-8-6-4-2/h24-25,51-53,55-58,60-61,63-65H,3-23,26-50H2,1-2H3,(H,59,62)/b25-24-. The van der Waals surface area contributed by atoms with Crippen LogP contribution < -0.4 is 5.32 Å². The van der Waals surface area contributed by atoms with E-state index in [2.05, 4.69) is 31.3 Å². The van der Waals surface area contributed by atoms with Crippen LogP contribution in [0.4, 0.5) is 0 Å². The molecule has 1 aliphatic rings. The van der Waals surface area contributed by atoms with Gasteiger partial charge in [-0.05, 0) is 38.5 Å². The zero-order valence-corrected chi connectivity index (χ0v) is 44.2. The molecule has 7 unspecified atom stereocenters. The van der Waals surface area contributed by atoms with Crippen molar-refractivity contribution in [2.45, 2.75) is 339 Å². The van der Waals surface area contributed by atoms with Gasteiger partial charge in [-0.1, -0.05) is 264 Å². The highest BCUT2D eigenvalue weighted by atomic mass is 16.7. The van der Waals surface area contributed by atoms with Gasteiger partial charge in [-0.25, -0.2) is 0 Å². The number of hydrogen-bond donors (Lipinski definition) is 6. The molecule has 0 spiro atoms. The van der Waals surface area contributed by atoms with Crippen LogP contribution in [0.1, 0.15) is 296 Å². The van der Waals surface area contributed by atoms with Gasteiger partial charge < -0.3 is 40.3 Å². The van der Waals surface area contributed by atoms with E-state index >= 15 is 0 Å². The zero-order valence-electron chi connectivity index (χ0n) is 44.2. The predicted molar refractivity (Wildman–Crippen MR) is 281 cm³/mol. The number of carbonyl (C=O) groups excluding carboxylic acids is 1. The topological polar surface area (TPSA) is 149 Å². The minimum atomic E-state index is -1.55. The molecule has 398 valence electrons. The maximum absolute atomic E-state index is 13.1. The molecule has 1 rings (SSSR count). The monoisotopic (exact) mass is 952 g/mol. The third kappa shape index (κ3) is 38.3. The summed E-state index contributed by atoms with van der Waals surface area (Å²) in [5.41, 5.74) is 0. The molecule has 0 aromatic carbocycles. The second-order valence-electron chi connectivity index (χ2n) is 20.8. The number of rotatable bonds is 51. The van der Waals surface area contributed by atoms with Crippen molar-refractivity contribution in [2.75, 3.05) is 13.2 Å². The van der Waals surface area contributed by atoms with E-state index in [1.165, 1.54) is 231 Å². The van der Waals surface area contributed by atoms with Crippen LogP contribution in [-0.2, 0) is 14.3 Å². The van der Waals surface area contributed by atoms with Gasteiger partial charge in [0.1, 0.15) is 24.4 Å². The lowest BCUT2D eigenvalue weighted by atomic mass is 9.99. The molecule has 6 N–H and O–H groups in total. The van der Waals surface area contributed by atoms with Crippen LogP contribution in [0.5, 0.6) is 0 Å². The van der Waals surface area contributed by atoms with Crippen LogP contribution >= 0.6 is 0 Å². The Morgan fingerprint density at radius 3 is 1.21 bits per heavy atom. The van der Waals surface area contributed by atoms with E-state index in [0.29, 0.717) is 12.8 Å². The number of amides is 1. The summed E-state index contributed by atoms with van der Waals surface area (Å²) < 4.78 is 11.3. The first-order valence-corrected chi connectivity index (χ1v) is 29.4. The molecule has 1 amide bonds. The van der Waals surface area contributed by atoms with Crippen molar-refractivity contribution in [1.29, 1.82) is 0 Å². The molecule has 67 heavy (non-hydrogen) atoms. The Hall–Kier alpha value is -1.07. The Bertz CT molecular complexity index is 1060. The highest BCUT2D eigenvalue weighted by Crippen LogP contribution is 2.23. The van der Waals surface area contributed by atoms with E-state index in [9.17, 15) is 30.3 Å². The maximum atomic E-state index is 13.1. The van der Waals surface area contributed by atoms with Crippen molar-refractivity contribution < 1.29 is 39.8 Å². The average molecular weight is 953 g/mol. The number of allylic oxidation sites excluding steroid dienone is 2. The molecule has 0 aromatic rings. The van der Waals surface area contributed by atoms with E-state index in [1.807, 2.05) is 0 Å². The van der Waals surface area contributed by atoms with Gasteiger partial charge in [0.25, 0.3) is 0 Å². The third-order valence-corrected chi connectivity index (χ3v) is 14.4. The number of carbonyl (C=O) groups is 1. The van der Waals surface area contributed by atoms with Crippen molar-refractivity contribution in [1.82, 2.24) is 5.32 Å². The first-order valence-electron chi connectivity index (χ1n) is 29.4. The largest absolute Gasteiger partial charge is 0.394 e. The number of aliphatic hydroxyl groups excluding tert-OH is 5. The second-order valence-corrected chi connectivity index (χ2v) is 20.8.